The maximum Gasteiger partial charge on any atom is 0.223 e. The van der Waals surface area contributed by atoms with Gasteiger partial charge in [-0.3, -0.25) is 0 Å². The molecule has 1 aliphatic rings. The molecular formula is C16H29N3O. The Kier molecular flexibility index (Phi) is 6.51. The molecule has 1 atom stereocenters. The van der Waals surface area contributed by atoms with Crippen LogP contribution in [-0.2, 0) is 0 Å². The lowest BCUT2D eigenvalue weighted by atomic mass is 10.1. The molecule has 1 N–H and O–H groups in total. The van der Waals surface area contributed by atoms with Crippen molar-refractivity contribution in [2.75, 3.05) is 6.54 Å². The maximum atomic E-state index is 5.10. The quantitative estimate of drug-likeness (QED) is 0.618. The van der Waals surface area contributed by atoms with E-state index in [1.165, 1.54) is 57.8 Å². The van der Waals surface area contributed by atoms with Crippen LogP contribution in [0.2, 0.25) is 0 Å². The molecule has 2 rings (SSSR count). The molecule has 4 heteroatoms. The van der Waals surface area contributed by atoms with Crippen LogP contribution in [0.25, 0.3) is 0 Å². The van der Waals surface area contributed by atoms with Gasteiger partial charge in [0.05, 0.1) is 6.04 Å². The van der Waals surface area contributed by atoms with Gasteiger partial charge in [-0.1, -0.05) is 50.6 Å². The lowest BCUT2D eigenvalue weighted by Crippen LogP contribution is -2.25. The summed E-state index contributed by atoms with van der Waals surface area (Å²) in [5, 5.41) is 7.71. The van der Waals surface area contributed by atoms with Gasteiger partial charge in [0.2, 0.25) is 5.89 Å². The first kappa shape index (κ1) is 15.5. The third kappa shape index (κ3) is 5.23. The van der Waals surface area contributed by atoms with Gasteiger partial charge in [0.15, 0.2) is 5.82 Å². The SMILES string of the molecule is CCCCCCCCCNC(c1noc(C)n1)C1CC1. The number of aromatic nitrogens is 2. The molecule has 20 heavy (non-hydrogen) atoms. The Labute approximate surface area is 122 Å². The molecule has 1 fully saturated rings. The summed E-state index contributed by atoms with van der Waals surface area (Å²) in [5.74, 6) is 2.24. The first-order valence-electron chi connectivity index (χ1n) is 8.35. The second kappa shape index (κ2) is 8.40. The fourth-order valence-corrected chi connectivity index (χ4v) is 2.68. The van der Waals surface area contributed by atoms with Crippen LogP contribution in [-0.4, -0.2) is 16.7 Å². The van der Waals surface area contributed by atoms with E-state index in [9.17, 15) is 0 Å². The van der Waals surface area contributed by atoms with Crippen LogP contribution in [0.5, 0.6) is 0 Å². The Morgan fingerprint density at radius 1 is 1.15 bits per heavy atom. The monoisotopic (exact) mass is 279 g/mol. The molecule has 1 saturated carbocycles. The highest BCUT2D eigenvalue weighted by Crippen LogP contribution is 2.40. The Morgan fingerprint density at radius 3 is 2.45 bits per heavy atom. The van der Waals surface area contributed by atoms with Crippen LogP contribution in [0, 0.1) is 12.8 Å². The third-order valence-corrected chi connectivity index (χ3v) is 4.06. The molecule has 1 aromatic rings. The zero-order valence-electron chi connectivity index (χ0n) is 13.0. The van der Waals surface area contributed by atoms with Crippen molar-refractivity contribution in [2.45, 2.75) is 77.7 Å². The van der Waals surface area contributed by atoms with Crippen molar-refractivity contribution < 1.29 is 4.52 Å². The molecule has 0 radical (unpaired) electrons. The van der Waals surface area contributed by atoms with Gasteiger partial charge in [-0.2, -0.15) is 4.98 Å². The van der Waals surface area contributed by atoms with Crippen molar-refractivity contribution in [3.8, 4) is 0 Å². The standard InChI is InChI=1S/C16H29N3O/c1-3-4-5-6-7-8-9-12-17-15(14-10-11-14)16-18-13(2)20-19-16/h14-15,17H,3-12H2,1-2H3. The molecule has 0 amide bonds. The van der Waals surface area contributed by atoms with E-state index in [1.54, 1.807) is 0 Å². The van der Waals surface area contributed by atoms with E-state index in [-0.39, 0.29) is 0 Å². The average Bonchev–Trinajstić information content (AvgIpc) is 3.19. The predicted octanol–water partition coefficient (Wildman–Crippen LogP) is 4.17. The summed E-state index contributed by atoms with van der Waals surface area (Å²) < 4.78 is 5.10. The van der Waals surface area contributed by atoms with E-state index < -0.39 is 0 Å². The lowest BCUT2D eigenvalue weighted by molar-refractivity contribution is 0.368. The highest BCUT2D eigenvalue weighted by molar-refractivity contribution is 5.00. The minimum absolute atomic E-state index is 0.313. The van der Waals surface area contributed by atoms with Gasteiger partial charge in [0, 0.05) is 6.92 Å². The van der Waals surface area contributed by atoms with Crippen molar-refractivity contribution in [1.29, 1.82) is 0 Å². The van der Waals surface area contributed by atoms with Crippen molar-refractivity contribution in [3.05, 3.63) is 11.7 Å². The Hall–Kier alpha value is -0.900. The van der Waals surface area contributed by atoms with Gasteiger partial charge in [-0.15, -0.1) is 0 Å². The zero-order valence-corrected chi connectivity index (χ0v) is 13.0. The highest BCUT2D eigenvalue weighted by atomic mass is 16.5. The average molecular weight is 279 g/mol. The minimum atomic E-state index is 0.313. The van der Waals surface area contributed by atoms with Crippen LogP contribution in [0.3, 0.4) is 0 Å². The van der Waals surface area contributed by atoms with Gasteiger partial charge >= 0.3 is 0 Å². The molecule has 114 valence electrons. The van der Waals surface area contributed by atoms with Gasteiger partial charge in [0.1, 0.15) is 0 Å². The summed E-state index contributed by atoms with van der Waals surface area (Å²) in [7, 11) is 0. The second-order valence-electron chi connectivity index (χ2n) is 6.06. The van der Waals surface area contributed by atoms with Gasteiger partial charge in [0.25, 0.3) is 0 Å². The minimum Gasteiger partial charge on any atom is -0.340 e. The van der Waals surface area contributed by atoms with Gasteiger partial charge in [-0.25, -0.2) is 0 Å². The molecule has 1 heterocycles. The predicted molar refractivity (Wildman–Crippen MR) is 80.5 cm³/mol. The topological polar surface area (TPSA) is 51.0 Å². The van der Waals surface area contributed by atoms with E-state index in [0.717, 1.165) is 18.3 Å². The molecule has 0 aliphatic heterocycles. The Morgan fingerprint density at radius 2 is 1.85 bits per heavy atom. The van der Waals surface area contributed by atoms with Crippen LogP contribution >= 0.6 is 0 Å². The summed E-state index contributed by atoms with van der Waals surface area (Å²) in [5.41, 5.74) is 0. The molecule has 1 aromatic heterocycles. The molecule has 4 nitrogen and oxygen atoms in total. The largest absolute Gasteiger partial charge is 0.340 e. The molecule has 0 aromatic carbocycles. The summed E-state index contributed by atoms with van der Waals surface area (Å²) in [4.78, 5) is 4.38. The highest BCUT2D eigenvalue weighted by Gasteiger charge is 2.34. The van der Waals surface area contributed by atoms with Crippen LogP contribution in [0.15, 0.2) is 4.52 Å². The molecule has 0 spiro atoms. The number of nitrogens with zero attached hydrogens (tertiary/aromatic N) is 2. The van der Waals surface area contributed by atoms with Crippen molar-refractivity contribution in [3.63, 3.8) is 0 Å². The number of unbranched alkanes of at least 4 members (excludes halogenated alkanes) is 6. The van der Waals surface area contributed by atoms with Crippen LogP contribution in [0.4, 0.5) is 0 Å². The van der Waals surface area contributed by atoms with E-state index in [2.05, 4.69) is 22.4 Å². The summed E-state index contributed by atoms with van der Waals surface area (Å²) in [6.07, 6.45) is 12.1. The second-order valence-corrected chi connectivity index (χ2v) is 6.06. The molecule has 0 saturated heterocycles. The van der Waals surface area contributed by atoms with Crippen LogP contribution in [0.1, 0.15) is 82.5 Å². The van der Waals surface area contributed by atoms with Gasteiger partial charge in [-0.05, 0) is 31.7 Å². The Bertz CT molecular complexity index is 374. The molecule has 1 aliphatic carbocycles. The summed E-state index contributed by atoms with van der Waals surface area (Å²) >= 11 is 0. The molecule has 1 unspecified atom stereocenters. The maximum absolute atomic E-state index is 5.10. The summed E-state index contributed by atoms with van der Waals surface area (Å²) in [6.45, 7) is 5.20. The van der Waals surface area contributed by atoms with Crippen molar-refractivity contribution in [2.24, 2.45) is 5.92 Å². The van der Waals surface area contributed by atoms with E-state index >= 15 is 0 Å². The van der Waals surface area contributed by atoms with Gasteiger partial charge < -0.3 is 9.84 Å². The van der Waals surface area contributed by atoms with E-state index in [1.807, 2.05) is 6.92 Å². The normalized spacial score (nSPS) is 16.5. The number of hydrogen-bond acceptors (Lipinski definition) is 4. The van der Waals surface area contributed by atoms with Crippen molar-refractivity contribution in [1.82, 2.24) is 15.5 Å². The fraction of sp³-hybridized carbons (Fsp3) is 0.875. The zero-order chi connectivity index (χ0) is 14.2. The number of aryl methyl sites for hydroxylation is 1. The molecular weight excluding hydrogens is 250 g/mol. The van der Waals surface area contributed by atoms with E-state index in [4.69, 9.17) is 4.52 Å². The molecule has 0 bridgehead atoms. The number of nitrogens with one attached hydrogen (secondary N) is 1. The first-order valence-corrected chi connectivity index (χ1v) is 8.35. The van der Waals surface area contributed by atoms with Crippen molar-refractivity contribution >= 4 is 0 Å². The lowest BCUT2D eigenvalue weighted by Gasteiger charge is -2.14. The van der Waals surface area contributed by atoms with Crippen LogP contribution < -0.4 is 5.32 Å². The fourth-order valence-electron chi connectivity index (χ4n) is 2.68. The smallest absolute Gasteiger partial charge is 0.223 e. The van der Waals surface area contributed by atoms with E-state index in [0.29, 0.717) is 11.9 Å². The summed E-state index contributed by atoms with van der Waals surface area (Å²) in [6, 6.07) is 0.313. The number of hydrogen-bond donors (Lipinski definition) is 1. The first-order chi connectivity index (χ1) is 9.81. The number of rotatable bonds is 11. The third-order valence-electron chi connectivity index (χ3n) is 4.06. The Balaban J connectivity index is 1.59.